The van der Waals surface area contributed by atoms with Crippen molar-refractivity contribution in [1.29, 1.82) is 0 Å². The van der Waals surface area contributed by atoms with Gasteiger partial charge in [-0.2, -0.15) is 4.31 Å². The number of aryl methyl sites for hydroxylation is 1. The van der Waals surface area contributed by atoms with Gasteiger partial charge in [0.15, 0.2) is 0 Å². The second-order valence-corrected chi connectivity index (χ2v) is 9.97. The zero-order chi connectivity index (χ0) is 22.9. The van der Waals surface area contributed by atoms with E-state index < -0.39 is 22.0 Å². The van der Waals surface area contributed by atoms with Gasteiger partial charge in [-0.25, -0.2) is 8.42 Å². The number of sulfonamides is 1. The standard InChI is InChI=1S/C24H23ClN2O4S/c1-16-7-8-19(14-22(16)25)26-24(28)23-13-17-5-3-4-6-18(17)15-27(23)32(29,30)21-11-9-20(31-2)10-12-21/h3-12,14,23H,13,15H2,1-2H3,(H,26,28)/t23-/m0/s1. The minimum Gasteiger partial charge on any atom is -0.497 e. The van der Waals surface area contributed by atoms with E-state index in [1.165, 1.54) is 23.5 Å². The van der Waals surface area contributed by atoms with Crippen LogP contribution >= 0.6 is 11.6 Å². The highest BCUT2D eigenvalue weighted by Crippen LogP contribution is 2.31. The highest BCUT2D eigenvalue weighted by Gasteiger charge is 2.39. The molecule has 0 unspecified atom stereocenters. The lowest BCUT2D eigenvalue weighted by Gasteiger charge is -2.35. The van der Waals surface area contributed by atoms with E-state index in [9.17, 15) is 13.2 Å². The van der Waals surface area contributed by atoms with Crippen LogP contribution in [0.5, 0.6) is 5.75 Å². The van der Waals surface area contributed by atoms with E-state index in [1.54, 1.807) is 30.3 Å². The number of nitrogens with one attached hydrogen (secondary N) is 1. The first-order valence-corrected chi connectivity index (χ1v) is 11.9. The highest BCUT2D eigenvalue weighted by molar-refractivity contribution is 7.89. The molecule has 0 bridgehead atoms. The second-order valence-electron chi connectivity index (χ2n) is 7.67. The van der Waals surface area contributed by atoms with Crippen molar-refractivity contribution in [2.24, 2.45) is 0 Å². The van der Waals surface area contributed by atoms with Crippen LogP contribution in [0, 0.1) is 6.92 Å². The van der Waals surface area contributed by atoms with Crippen LogP contribution in [-0.2, 0) is 27.8 Å². The molecule has 3 aromatic rings. The van der Waals surface area contributed by atoms with Gasteiger partial charge in [-0.3, -0.25) is 4.79 Å². The number of carbonyl (C=O) groups is 1. The summed E-state index contributed by atoms with van der Waals surface area (Å²) in [6.45, 7) is 1.98. The van der Waals surface area contributed by atoms with Gasteiger partial charge in [-0.1, -0.05) is 41.9 Å². The van der Waals surface area contributed by atoms with Crippen LogP contribution in [0.4, 0.5) is 5.69 Å². The number of hydrogen-bond donors (Lipinski definition) is 1. The maximum Gasteiger partial charge on any atom is 0.244 e. The summed E-state index contributed by atoms with van der Waals surface area (Å²) in [5.41, 5.74) is 3.24. The largest absolute Gasteiger partial charge is 0.497 e. The summed E-state index contributed by atoms with van der Waals surface area (Å²) in [6, 6.07) is 18.0. The number of halogens is 1. The number of rotatable bonds is 5. The number of nitrogens with zero attached hydrogens (tertiary/aromatic N) is 1. The molecular formula is C24H23ClN2O4S. The summed E-state index contributed by atoms with van der Waals surface area (Å²) in [6.07, 6.45) is 0.275. The predicted molar refractivity (Wildman–Crippen MR) is 124 cm³/mol. The Labute approximate surface area is 192 Å². The van der Waals surface area contributed by atoms with Gasteiger partial charge in [0.05, 0.1) is 12.0 Å². The van der Waals surface area contributed by atoms with Gasteiger partial charge in [-0.15, -0.1) is 0 Å². The Hall–Kier alpha value is -2.87. The van der Waals surface area contributed by atoms with Crippen LogP contribution < -0.4 is 10.1 Å². The zero-order valence-corrected chi connectivity index (χ0v) is 19.3. The minimum absolute atomic E-state index is 0.105. The van der Waals surface area contributed by atoms with Crippen molar-refractivity contribution in [1.82, 2.24) is 4.31 Å². The first-order chi connectivity index (χ1) is 15.3. The molecule has 6 nitrogen and oxygen atoms in total. The molecule has 0 aliphatic carbocycles. The quantitative estimate of drug-likeness (QED) is 0.599. The molecule has 0 radical (unpaired) electrons. The fourth-order valence-corrected chi connectivity index (χ4v) is 5.50. The number of carbonyl (C=O) groups excluding carboxylic acids is 1. The highest BCUT2D eigenvalue weighted by atomic mass is 35.5. The smallest absolute Gasteiger partial charge is 0.244 e. The first-order valence-electron chi connectivity index (χ1n) is 10.1. The topological polar surface area (TPSA) is 75.7 Å². The number of fused-ring (bicyclic) bond motifs is 1. The van der Waals surface area contributed by atoms with E-state index in [0.29, 0.717) is 16.5 Å². The molecule has 0 aromatic heterocycles. The molecule has 8 heteroatoms. The second kappa shape index (κ2) is 8.94. The van der Waals surface area contributed by atoms with E-state index in [4.69, 9.17) is 16.3 Å². The monoisotopic (exact) mass is 470 g/mol. The van der Waals surface area contributed by atoms with Gasteiger partial charge in [0.2, 0.25) is 15.9 Å². The maximum atomic E-state index is 13.5. The molecule has 1 amide bonds. The molecule has 1 atom stereocenters. The summed E-state index contributed by atoms with van der Waals surface area (Å²) < 4.78 is 33.5. The summed E-state index contributed by atoms with van der Waals surface area (Å²) in [7, 11) is -2.42. The van der Waals surface area contributed by atoms with E-state index in [-0.39, 0.29) is 17.9 Å². The van der Waals surface area contributed by atoms with Crippen LogP contribution in [-0.4, -0.2) is 31.8 Å². The Balaban J connectivity index is 1.70. The Morgan fingerprint density at radius 1 is 1.06 bits per heavy atom. The molecule has 1 N–H and O–H groups in total. The maximum absolute atomic E-state index is 13.5. The zero-order valence-electron chi connectivity index (χ0n) is 17.7. The summed E-state index contributed by atoms with van der Waals surface area (Å²) in [5.74, 6) is 0.148. The average Bonchev–Trinajstić information content (AvgIpc) is 2.80. The molecule has 0 saturated carbocycles. The predicted octanol–water partition coefficient (Wildman–Crippen LogP) is 4.41. The van der Waals surface area contributed by atoms with Crippen molar-refractivity contribution in [3.8, 4) is 5.75 Å². The molecule has 0 spiro atoms. The van der Waals surface area contributed by atoms with Crippen molar-refractivity contribution in [2.45, 2.75) is 30.8 Å². The molecule has 166 valence electrons. The Kier molecular flexibility index (Phi) is 6.24. The van der Waals surface area contributed by atoms with E-state index in [1.807, 2.05) is 31.2 Å². The molecule has 0 fully saturated rings. The molecule has 0 saturated heterocycles. The Morgan fingerprint density at radius 3 is 2.41 bits per heavy atom. The van der Waals surface area contributed by atoms with Crippen molar-refractivity contribution < 1.29 is 17.9 Å². The fraction of sp³-hybridized carbons (Fsp3) is 0.208. The van der Waals surface area contributed by atoms with Gasteiger partial charge in [-0.05, 0) is 66.4 Å². The summed E-state index contributed by atoms with van der Waals surface area (Å²) in [5, 5.41) is 3.36. The Bertz CT molecular complexity index is 1260. The average molecular weight is 471 g/mol. The van der Waals surface area contributed by atoms with Crippen LogP contribution in [0.25, 0.3) is 0 Å². The Morgan fingerprint density at radius 2 is 1.75 bits per heavy atom. The van der Waals surface area contributed by atoms with Crippen molar-refractivity contribution in [2.75, 3.05) is 12.4 Å². The number of methoxy groups -OCH3 is 1. The van der Waals surface area contributed by atoms with Gasteiger partial charge in [0, 0.05) is 17.3 Å². The lowest BCUT2D eigenvalue weighted by molar-refractivity contribution is -0.120. The van der Waals surface area contributed by atoms with Crippen LogP contribution in [0.1, 0.15) is 16.7 Å². The van der Waals surface area contributed by atoms with Gasteiger partial charge < -0.3 is 10.1 Å². The molecule has 32 heavy (non-hydrogen) atoms. The summed E-state index contributed by atoms with van der Waals surface area (Å²) >= 11 is 6.19. The van der Waals surface area contributed by atoms with Gasteiger partial charge in [0.25, 0.3) is 0 Å². The molecule has 3 aromatic carbocycles. The number of hydrogen-bond acceptors (Lipinski definition) is 4. The van der Waals surface area contributed by atoms with Gasteiger partial charge >= 0.3 is 0 Å². The van der Waals surface area contributed by atoms with E-state index in [2.05, 4.69) is 5.32 Å². The fourth-order valence-electron chi connectivity index (χ4n) is 3.75. The molecule has 1 aliphatic rings. The van der Waals surface area contributed by atoms with Crippen LogP contribution in [0.2, 0.25) is 5.02 Å². The van der Waals surface area contributed by atoms with Crippen molar-refractivity contribution in [3.63, 3.8) is 0 Å². The number of anilines is 1. The van der Waals surface area contributed by atoms with Crippen LogP contribution in [0.3, 0.4) is 0 Å². The van der Waals surface area contributed by atoms with Gasteiger partial charge in [0.1, 0.15) is 11.8 Å². The van der Waals surface area contributed by atoms with E-state index >= 15 is 0 Å². The molecule has 1 heterocycles. The molecule has 1 aliphatic heterocycles. The van der Waals surface area contributed by atoms with Crippen molar-refractivity contribution >= 4 is 33.2 Å². The third-order valence-corrected chi connectivity index (χ3v) is 7.89. The van der Waals surface area contributed by atoms with Crippen LogP contribution in [0.15, 0.2) is 71.6 Å². The lowest BCUT2D eigenvalue weighted by Crippen LogP contribution is -2.50. The molecule has 4 rings (SSSR count). The SMILES string of the molecule is COc1ccc(S(=O)(=O)N2Cc3ccccc3C[C@H]2C(=O)Nc2ccc(C)c(Cl)c2)cc1. The lowest BCUT2D eigenvalue weighted by atomic mass is 9.95. The van der Waals surface area contributed by atoms with E-state index in [0.717, 1.165) is 16.7 Å². The minimum atomic E-state index is -3.94. The normalized spacial score (nSPS) is 16.3. The first kappa shape index (κ1) is 22.3. The molecular weight excluding hydrogens is 448 g/mol. The van der Waals surface area contributed by atoms with Crippen molar-refractivity contribution in [3.05, 3.63) is 88.4 Å². The third-order valence-electron chi connectivity index (χ3n) is 5.61. The summed E-state index contributed by atoms with van der Waals surface area (Å²) in [4.78, 5) is 13.4. The number of ether oxygens (including phenoxy) is 1. The number of amides is 1. The third kappa shape index (κ3) is 4.37. The number of benzene rings is 3.